The van der Waals surface area contributed by atoms with Gasteiger partial charge in [-0.25, -0.2) is 0 Å². The van der Waals surface area contributed by atoms with Gasteiger partial charge in [0.05, 0.1) is 22.5 Å². The van der Waals surface area contributed by atoms with Gasteiger partial charge in [0.25, 0.3) is 0 Å². The van der Waals surface area contributed by atoms with Crippen molar-refractivity contribution in [2.75, 3.05) is 37.0 Å². The maximum atomic E-state index is 6.47. The molecule has 0 spiro atoms. The third-order valence-corrected chi connectivity index (χ3v) is 7.08. The van der Waals surface area contributed by atoms with E-state index in [1.54, 1.807) is 0 Å². The number of nitrogens with two attached hydrogens (primary N) is 3. The van der Waals surface area contributed by atoms with Crippen LogP contribution in [0.3, 0.4) is 0 Å². The Kier molecular flexibility index (Phi) is 5.40. The summed E-state index contributed by atoms with van der Waals surface area (Å²) in [6.45, 7) is 2.23. The molecule has 4 aromatic carbocycles. The Morgan fingerprint density at radius 3 is 2.15 bits per heavy atom. The molecule has 2 unspecified atom stereocenters. The van der Waals surface area contributed by atoms with Crippen LogP contribution in [0.5, 0.6) is 5.75 Å². The molecule has 6 rings (SSSR count). The number of nitrogen functional groups attached to an aromatic ring is 3. The molecule has 0 aliphatic carbocycles. The molecule has 0 aromatic heterocycles. The largest absolute Gasteiger partial charge is 0.487 e. The second kappa shape index (κ2) is 8.46. The van der Waals surface area contributed by atoms with E-state index in [0.29, 0.717) is 36.9 Å². The highest BCUT2D eigenvalue weighted by Gasteiger charge is 2.25. The van der Waals surface area contributed by atoms with Crippen LogP contribution in [0, 0.1) is 3.57 Å². The van der Waals surface area contributed by atoms with Crippen molar-refractivity contribution >= 4 is 61.2 Å². The smallest absolute Gasteiger partial charge is 0.181 e. The van der Waals surface area contributed by atoms with E-state index in [2.05, 4.69) is 52.9 Å². The van der Waals surface area contributed by atoms with Gasteiger partial charge in [-0.1, -0.05) is 24.3 Å². The normalized spacial score (nSPS) is 19.0. The molecule has 8 heteroatoms. The van der Waals surface area contributed by atoms with Crippen molar-refractivity contribution in [2.45, 2.75) is 19.0 Å². The summed E-state index contributed by atoms with van der Waals surface area (Å²) in [6.07, 6.45) is 0.0387. The Hall–Kier alpha value is -2.79. The van der Waals surface area contributed by atoms with Crippen LogP contribution in [0.1, 0.15) is 5.56 Å². The first kappa shape index (κ1) is 21.7. The average Bonchev–Trinajstić information content (AvgIpc) is 3.73. The van der Waals surface area contributed by atoms with E-state index < -0.39 is 0 Å². The van der Waals surface area contributed by atoms with Gasteiger partial charge in [-0.3, -0.25) is 0 Å². The molecular formula is C26H24IN3O4. The van der Waals surface area contributed by atoms with Gasteiger partial charge in [0, 0.05) is 27.7 Å². The number of epoxide rings is 2. The molecule has 6 N–H and O–H groups in total. The molecule has 34 heavy (non-hydrogen) atoms. The summed E-state index contributed by atoms with van der Waals surface area (Å²) in [7, 11) is 0. The summed E-state index contributed by atoms with van der Waals surface area (Å²) in [5.74, 6) is 0.723. The molecule has 0 amide bonds. The van der Waals surface area contributed by atoms with Gasteiger partial charge >= 0.3 is 0 Å². The number of hydrogen-bond acceptors (Lipinski definition) is 7. The predicted octanol–water partition coefficient (Wildman–Crippen LogP) is 4.66. The molecule has 2 atom stereocenters. The molecule has 2 heterocycles. The number of ether oxygens (including phenoxy) is 4. The topological polar surface area (TPSA) is 122 Å². The minimum absolute atomic E-state index is 0.142. The number of anilines is 3. The van der Waals surface area contributed by atoms with Crippen molar-refractivity contribution in [1.82, 2.24) is 0 Å². The zero-order valence-corrected chi connectivity index (χ0v) is 20.5. The minimum atomic E-state index is -0.142. The minimum Gasteiger partial charge on any atom is -0.487 e. The molecule has 2 aliphatic heterocycles. The monoisotopic (exact) mass is 569 g/mol. The van der Waals surface area contributed by atoms with E-state index in [1.165, 1.54) is 0 Å². The van der Waals surface area contributed by atoms with E-state index in [9.17, 15) is 0 Å². The van der Waals surface area contributed by atoms with Crippen molar-refractivity contribution in [2.24, 2.45) is 0 Å². The fourth-order valence-electron chi connectivity index (χ4n) is 4.20. The predicted molar refractivity (Wildman–Crippen MR) is 143 cm³/mol. The van der Waals surface area contributed by atoms with Crippen molar-refractivity contribution < 1.29 is 18.9 Å². The Bertz CT molecular complexity index is 1320. The maximum absolute atomic E-state index is 6.47. The quantitative estimate of drug-likeness (QED) is 0.168. The van der Waals surface area contributed by atoms with Crippen LogP contribution in [-0.4, -0.2) is 32.2 Å². The number of hydrogen-bond donors (Lipinski definition) is 3. The lowest BCUT2D eigenvalue weighted by atomic mass is 9.96. The molecule has 0 radical (unpaired) electrons. The second-order valence-electron chi connectivity index (χ2n) is 8.67. The van der Waals surface area contributed by atoms with Crippen molar-refractivity contribution in [3.05, 3.63) is 57.7 Å². The summed E-state index contributed by atoms with van der Waals surface area (Å²) < 4.78 is 22.9. The van der Waals surface area contributed by atoms with Gasteiger partial charge in [0.1, 0.15) is 19.3 Å². The van der Waals surface area contributed by atoms with Crippen molar-refractivity contribution in [1.29, 1.82) is 0 Å². The summed E-state index contributed by atoms with van der Waals surface area (Å²) >= 11 is 2.27. The van der Waals surface area contributed by atoms with Gasteiger partial charge in [-0.2, -0.15) is 0 Å². The van der Waals surface area contributed by atoms with E-state index in [4.69, 9.17) is 36.1 Å². The molecule has 174 valence electrons. The fourth-order valence-corrected chi connectivity index (χ4v) is 4.98. The Morgan fingerprint density at radius 1 is 0.853 bits per heavy atom. The molecule has 4 aromatic rings. The fraction of sp³-hybridized carbons (Fsp3) is 0.231. The maximum Gasteiger partial charge on any atom is 0.181 e. The SMILES string of the molecule is Nc1cc2cc(-c3ccc4c(N)c(OCC5CO5)c(I)cc4c3)ccc2c(N)c1COC1CO1. The lowest BCUT2D eigenvalue weighted by Crippen LogP contribution is -2.07. The van der Waals surface area contributed by atoms with Gasteiger partial charge in [0.2, 0.25) is 0 Å². The second-order valence-corrected chi connectivity index (χ2v) is 9.83. The Balaban J connectivity index is 1.34. The Morgan fingerprint density at radius 2 is 1.50 bits per heavy atom. The van der Waals surface area contributed by atoms with Gasteiger partial charge in [-0.15, -0.1) is 0 Å². The summed E-state index contributed by atoms with van der Waals surface area (Å²) in [5, 5.41) is 3.96. The number of benzene rings is 4. The standard InChI is InChI=1S/C26H24IN3O4/c27-21-7-15-5-13(2-4-19(15)25(30)26(21)34-10-17-9-31-17)14-1-3-18-16(6-14)8-22(28)20(24(18)29)11-32-23-12-33-23/h1-8,17,23H,9-12,28-30H2. The molecular weight excluding hydrogens is 545 g/mol. The highest BCUT2D eigenvalue weighted by Crippen LogP contribution is 2.39. The van der Waals surface area contributed by atoms with Crippen LogP contribution in [0.25, 0.3) is 32.7 Å². The molecule has 0 bridgehead atoms. The summed E-state index contributed by atoms with van der Waals surface area (Å²) in [4.78, 5) is 0. The molecule has 2 saturated heterocycles. The van der Waals surface area contributed by atoms with Crippen LogP contribution < -0.4 is 21.9 Å². The van der Waals surface area contributed by atoms with Gasteiger partial charge in [0.15, 0.2) is 12.0 Å². The third kappa shape index (κ3) is 4.11. The van der Waals surface area contributed by atoms with E-state index >= 15 is 0 Å². The highest BCUT2D eigenvalue weighted by atomic mass is 127. The summed E-state index contributed by atoms with van der Waals surface area (Å²) in [6, 6.07) is 16.5. The van der Waals surface area contributed by atoms with Crippen molar-refractivity contribution in [3.63, 3.8) is 0 Å². The van der Waals surface area contributed by atoms with Crippen LogP contribution in [0.2, 0.25) is 0 Å². The first-order valence-electron chi connectivity index (χ1n) is 11.1. The van der Waals surface area contributed by atoms with Crippen LogP contribution in [-0.2, 0) is 20.8 Å². The average molecular weight is 569 g/mol. The van der Waals surface area contributed by atoms with Gasteiger partial charge in [-0.05, 0) is 68.8 Å². The molecule has 0 saturated carbocycles. The van der Waals surface area contributed by atoms with Crippen LogP contribution >= 0.6 is 22.6 Å². The lowest BCUT2D eigenvalue weighted by molar-refractivity contribution is 0.0392. The zero-order chi connectivity index (χ0) is 23.4. The number of halogens is 1. The lowest BCUT2D eigenvalue weighted by Gasteiger charge is -2.15. The number of rotatable bonds is 7. The third-order valence-electron chi connectivity index (χ3n) is 6.28. The zero-order valence-electron chi connectivity index (χ0n) is 18.3. The van der Waals surface area contributed by atoms with Gasteiger partial charge < -0.3 is 36.1 Å². The molecule has 7 nitrogen and oxygen atoms in total. The van der Waals surface area contributed by atoms with E-state index in [0.717, 1.165) is 54.2 Å². The first-order chi connectivity index (χ1) is 16.5. The number of fused-ring (bicyclic) bond motifs is 2. The molecule has 2 fully saturated rings. The Labute approximate surface area is 210 Å². The summed E-state index contributed by atoms with van der Waals surface area (Å²) in [5.41, 5.74) is 24.1. The van der Waals surface area contributed by atoms with E-state index in [1.807, 2.05) is 18.2 Å². The highest BCUT2D eigenvalue weighted by molar-refractivity contribution is 14.1. The van der Waals surface area contributed by atoms with Crippen LogP contribution in [0.4, 0.5) is 17.1 Å². The first-order valence-corrected chi connectivity index (χ1v) is 12.2. The van der Waals surface area contributed by atoms with Crippen molar-refractivity contribution in [3.8, 4) is 16.9 Å². The van der Waals surface area contributed by atoms with Crippen LogP contribution in [0.15, 0.2) is 48.5 Å². The van der Waals surface area contributed by atoms with E-state index in [-0.39, 0.29) is 12.4 Å². The molecule has 2 aliphatic rings.